The lowest BCUT2D eigenvalue weighted by molar-refractivity contribution is -0.145. The number of nitrogens with one attached hydrogen (secondary N) is 11. The van der Waals surface area contributed by atoms with Crippen molar-refractivity contribution in [3.63, 3.8) is 0 Å². The second kappa shape index (κ2) is 47.3. The second-order valence-corrected chi connectivity index (χ2v) is 28.4. The Hall–Kier alpha value is -9.37. The van der Waals surface area contributed by atoms with Crippen molar-refractivity contribution in [2.45, 2.75) is 250 Å². The van der Waals surface area contributed by atoms with Crippen LogP contribution in [0.1, 0.15) is 158 Å². The van der Waals surface area contributed by atoms with Gasteiger partial charge in [-0.15, -0.1) is 0 Å². The van der Waals surface area contributed by atoms with Crippen LogP contribution in [0.25, 0.3) is 0 Å². The molecule has 28 N–H and O–H groups in total. The minimum Gasteiger partial charge on any atom is -0.508 e. The van der Waals surface area contributed by atoms with Gasteiger partial charge in [0.2, 0.25) is 76.8 Å². The number of hydrogen-bond donors (Lipinski definition) is 22. The molecular formula is C69H119N19O19. The van der Waals surface area contributed by atoms with Gasteiger partial charge in [-0.3, -0.25) is 67.3 Å². The highest BCUT2D eigenvalue weighted by atomic mass is 16.4. The van der Waals surface area contributed by atoms with Crippen LogP contribution in [-0.2, 0) is 73.5 Å². The van der Waals surface area contributed by atoms with E-state index in [0.717, 1.165) is 6.92 Å². The van der Waals surface area contributed by atoms with Gasteiger partial charge in [0.15, 0.2) is 12.0 Å². The lowest BCUT2D eigenvalue weighted by Crippen LogP contribution is -2.62. The lowest BCUT2D eigenvalue weighted by atomic mass is 9.99. The zero-order valence-corrected chi connectivity index (χ0v) is 63.0. The zero-order valence-electron chi connectivity index (χ0n) is 63.0. The molecule has 1 aromatic carbocycles. The number of phenols is 1. The van der Waals surface area contributed by atoms with Crippen molar-refractivity contribution in [3.8, 4) is 5.75 Å². The minimum atomic E-state index is -1.85. The van der Waals surface area contributed by atoms with E-state index in [1.54, 1.807) is 27.7 Å². The molecule has 1 aliphatic heterocycles. The number of guanidine groups is 1. The van der Waals surface area contributed by atoms with E-state index in [1.165, 1.54) is 49.9 Å². The largest absolute Gasteiger partial charge is 0.508 e. The number of aromatic hydroxyl groups is 1. The van der Waals surface area contributed by atoms with E-state index < -0.39 is 211 Å². The molecule has 0 unspecified atom stereocenters. The van der Waals surface area contributed by atoms with Gasteiger partial charge < -0.3 is 123 Å². The summed E-state index contributed by atoms with van der Waals surface area (Å²) in [6.45, 7) is 14.9. The van der Waals surface area contributed by atoms with Crippen LogP contribution in [0.15, 0.2) is 29.3 Å². The van der Waals surface area contributed by atoms with Crippen LogP contribution in [0.4, 0.5) is 0 Å². The fraction of sp³-hybridized carbons (Fsp3) is 0.696. The number of benzene rings is 1. The Labute approximate surface area is 623 Å². The number of aliphatic imine (C=N–C) groups is 1. The predicted octanol–water partition coefficient (Wildman–Crippen LogP) is -5.98. The van der Waals surface area contributed by atoms with Gasteiger partial charge in [-0.05, 0) is 145 Å². The third kappa shape index (κ3) is 32.7. The molecule has 2 rings (SSSR count). The van der Waals surface area contributed by atoms with Crippen LogP contribution in [0.2, 0.25) is 0 Å². The maximum absolute atomic E-state index is 14.8. The molecule has 0 bridgehead atoms. The van der Waals surface area contributed by atoms with Crippen molar-refractivity contribution < 1.29 is 92.7 Å². The van der Waals surface area contributed by atoms with Gasteiger partial charge >= 0.3 is 5.97 Å². The van der Waals surface area contributed by atoms with Crippen LogP contribution in [-0.4, -0.2) is 243 Å². The normalized spacial score (nSPS) is 16.7. The smallest absolute Gasteiger partial charge is 0.328 e. The van der Waals surface area contributed by atoms with Crippen LogP contribution in [0.5, 0.6) is 5.75 Å². The van der Waals surface area contributed by atoms with Crippen molar-refractivity contribution in [3.05, 3.63) is 29.8 Å². The molecule has 1 aliphatic rings. The highest BCUT2D eigenvalue weighted by Gasteiger charge is 2.43. The lowest BCUT2D eigenvalue weighted by Gasteiger charge is -2.32. The molecule has 1 fully saturated rings. The van der Waals surface area contributed by atoms with E-state index >= 15 is 0 Å². The topological polar surface area (TPSA) is 644 Å². The number of nitrogens with zero attached hydrogens (tertiary/aromatic N) is 2. The number of nitrogens with two attached hydrogens (primary N) is 6. The van der Waals surface area contributed by atoms with Crippen LogP contribution >= 0.6 is 0 Å². The number of likely N-dealkylation sites (tertiary alicyclic amines) is 1. The van der Waals surface area contributed by atoms with E-state index in [0.29, 0.717) is 24.8 Å². The Bertz CT molecular complexity index is 3150. The first-order valence-corrected chi connectivity index (χ1v) is 36.3. The summed E-state index contributed by atoms with van der Waals surface area (Å²) in [6, 6.07) is -13.6. The van der Waals surface area contributed by atoms with Gasteiger partial charge in [0.05, 0.1) is 24.9 Å². The maximum atomic E-state index is 14.8. The van der Waals surface area contributed by atoms with E-state index in [1.807, 2.05) is 19.2 Å². The maximum Gasteiger partial charge on any atom is 0.328 e. The summed E-state index contributed by atoms with van der Waals surface area (Å²) in [5.41, 5.74) is 34.8. The van der Waals surface area contributed by atoms with Gasteiger partial charge in [-0.1, -0.05) is 67.5 Å². The fourth-order valence-corrected chi connectivity index (χ4v) is 11.5. The highest BCUT2D eigenvalue weighted by Crippen LogP contribution is 2.22. The van der Waals surface area contributed by atoms with Crippen molar-refractivity contribution in [2.75, 3.05) is 32.8 Å². The Morgan fingerprint density at radius 1 is 0.495 bits per heavy atom. The number of aliphatic hydroxyl groups excluding tert-OH is 3. The third-order valence-electron chi connectivity index (χ3n) is 17.6. The van der Waals surface area contributed by atoms with Gasteiger partial charge in [-0.2, -0.15) is 0 Å². The SMILES string of the molecule is CC(C)C[C@H](N)C(=O)N[C@H](C(=O)N[C@@H](CCCN=C(N)N)C(=O)N[C@@H](Cc1ccc(O)cc1)C(=O)N[C@H](C(=O)N[C@@H](CCCCN)C(=O)N[C@@H](CCCCN)C(=O)N[C@H](C(=O)N1CCC[C@H]1C(=O)N[C@@H](CCC(N)=O)C(=O)N[C@H](C(=O)N[C@@H](CO)C(=O)N[C@H](C(=O)O)[C@@H](C)O)C(C)C)C(C)C)[C@@H](C)O)C(C)C. The average Bonchev–Trinajstić information content (AvgIpc) is 1.78. The molecule has 0 aliphatic carbocycles. The first kappa shape index (κ1) is 93.7. The summed E-state index contributed by atoms with van der Waals surface area (Å²) >= 11 is 0. The van der Waals surface area contributed by atoms with E-state index in [4.69, 9.17) is 34.4 Å². The molecule has 0 saturated carbocycles. The molecule has 1 aromatic rings. The van der Waals surface area contributed by atoms with Crippen molar-refractivity contribution in [1.29, 1.82) is 0 Å². The monoisotopic (exact) mass is 1520 g/mol. The third-order valence-corrected chi connectivity index (χ3v) is 17.6. The van der Waals surface area contributed by atoms with Gasteiger partial charge in [0.25, 0.3) is 0 Å². The number of carbonyl (C=O) groups is 14. The first-order chi connectivity index (χ1) is 50.2. The molecule has 0 spiro atoms. The zero-order chi connectivity index (χ0) is 81.1. The number of carbonyl (C=O) groups excluding carboxylic acids is 13. The number of aliphatic hydroxyl groups is 3. The summed E-state index contributed by atoms with van der Waals surface area (Å²) < 4.78 is 0. The summed E-state index contributed by atoms with van der Waals surface area (Å²) in [7, 11) is 0. The van der Waals surface area contributed by atoms with E-state index in [9.17, 15) is 92.7 Å². The molecule has 107 heavy (non-hydrogen) atoms. The number of carboxylic acid groups (broad SMARTS) is 1. The Balaban J connectivity index is 2.53. The summed E-state index contributed by atoms with van der Waals surface area (Å²) in [6.07, 6.45) is -2.75. The minimum absolute atomic E-state index is 0.0147. The average molecular weight is 1520 g/mol. The van der Waals surface area contributed by atoms with Crippen molar-refractivity contribution in [1.82, 2.24) is 63.4 Å². The number of phenolic OH excluding ortho intramolecular Hbond substituents is 1. The first-order valence-electron chi connectivity index (χ1n) is 36.3. The summed E-state index contributed by atoms with van der Waals surface area (Å²) in [4.78, 5) is 199. The highest BCUT2D eigenvalue weighted by molar-refractivity contribution is 6.00. The fourth-order valence-electron chi connectivity index (χ4n) is 11.5. The molecule has 1 heterocycles. The van der Waals surface area contributed by atoms with Crippen LogP contribution in [0.3, 0.4) is 0 Å². The molecule has 1 saturated heterocycles. The number of primary amides is 1. The number of aliphatic carboxylic acids is 1. The molecule has 38 heteroatoms. The van der Waals surface area contributed by atoms with Gasteiger partial charge in [0.1, 0.15) is 72.2 Å². The van der Waals surface area contributed by atoms with Crippen LogP contribution in [0, 0.1) is 23.7 Å². The number of rotatable bonds is 49. The second-order valence-electron chi connectivity index (χ2n) is 28.4. The number of hydrogen-bond acceptors (Lipinski definition) is 22. The number of unbranched alkanes of at least 4 members (excludes halogenated alkanes) is 2. The molecule has 0 aromatic heterocycles. The Kier molecular flexibility index (Phi) is 41.5. The predicted molar refractivity (Wildman–Crippen MR) is 392 cm³/mol. The molecule has 604 valence electrons. The molecule has 0 radical (unpaired) electrons. The van der Waals surface area contributed by atoms with Crippen molar-refractivity contribution >= 4 is 88.7 Å². The number of amides is 13. The summed E-state index contributed by atoms with van der Waals surface area (Å²) in [5, 5.41) is 78.4. The standard InChI is InChI=1S/C69H119N19O19/c1-34(2)31-42(72)56(94)83-51(35(3)4)64(102)79-45(19-15-29-76-69(74)75)58(96)81-47(32-40-21-23-41(92)24-22-40)61(99)86-54(38(9)90)66(104)80-43(17-11-13-27-70)57(95)77-44(18-12-14-28-71)59(97)85-53(37(7)8)67(105)88-30-16-20-49(88)63(101)78-46(25-26-50(73)93)60(98)84-52(36(5)6)65(103)82-48(33-89)62(100)87-55(39(10)91)68(106)107/h21-24,34-39,42-49,51-55,89-92H,11-20,25-33,70-72H2,1-10H3,(H2,73,93)(H,77,95)(H,78,101)(H,79,102)(H,80,104)(H,81,96)(H,82,103)(H,83,94)(H,84,98)(H,85,97)(H,86,99)(H,87,100)(H,106,107)(H4,74,75,76)/t38-,39-,42+,43+,44+,45+,46+,47+,48+,49+,51+,52+,53+,54+,55+/m1/s1. The van der Waals surface area contributed by atoms with Crippen LogP contribution < -0.4 is 92.9 Å². The molecule has 13 amide bonds. The Morgan fingerprint density at radius 2 is 0.897 bits per heavy atom. The van der Waals surface area contributed by atoms with Gasteiger partial charge in [0, 0.05) is 25.9 Å². The molecule has 15 atom stereocenters. The molecule has 38 nitrogen and oxygen atoms in total. The van der Waals surface area contributed by atoms with Gasteiger partial charge in [-0.25, -0.2) is 4.79 Å². The quantitative estimate of drug-likeness (QED) is 0.0164. The van der Waals surface area contributed by atoms with Crippen molar-refractivity contribution in [2.24, 2.45) is 63.1 Å². The summed E-state index contributed by atoms with van der Waals surface area (Å²) in [5.74, 6) is -15.8. The Morgan fingerprint density at radius 3 is 1.35 bits per heavy atom. The van der Waals surface area contributed by atoms with E-state index in [2.05, 4.69) is 58.2 Å². The number of carboxylic acids is 1. The molecular weight excluding hydrogens is 1400 g/mol. The van der Waals surface area contributed by atoms with E-state index in [-0.39, 0.29) is 102 Å².